The maximum absolute atomic E-state index is 6.34. The summed E-state index contributed by atoms with van der Waals surface area (Å²) >= 11 is 1.85. The first-order valence-corrected chi connectivity index (χ1v) is 14.4. The molecule has 3 aromatic heterocycles. The van der Waals surface area contributed by atoms with Crippen LogP contribution in [0.1, 0.15) is 27.7 Å². The van der Waals surface area contributed by atoms with E-state index in [1.54, 1.807) is 0 Å². The number of aromatic nitrogens is 1. The zero-order valence-electron chi connectivity index (χ0n) is 22.3. The molecule has 9 rings (SSSR count). The van der Waals surface area contributed by atoms with Crippen molar-refractivity contribution in [1.29, 1.82) is 0 Å². The molecule has 0 atom stereocenters. The van der Waals surface area contributed by atoms with Gasteiger partial charge in [-0.3, -0.25) is 0 Å². The third-order valence-corrected chi connectivity index (χ3v) is 10.4. The van der Waals surface area contributed by atoms with Crippen LogP contribution in [0.3, 0.4) is 0 Å². The highest BCUT2D eigenvalue weighted by Gasteiger charge is 2.51. The van der Waals surface area contributed by atoms with Crippen molar-refractivity contribution in [1.82, 2.24) is 4.40 Å². The van der Waals surface area contributed by atoms with Crippen LogP contribution in [-0.2, 0) is 9.31 Å². The molecule has 1 saturated heterocycles. The van der Waals surface area contributed by atoms with Crippen LogP contribution in [0.2, 0.25) is 0 Å². The van der Waals surface area contributed by atoms with Crippen LogP contribution in [0.4, 0.5) is 0 Å². The molecule has 0 saturated carbocycles. The number of nitrogens with zero attached hydrogens (tertiary/aromatic N) is 1. The van der Waals surface area contributed by atoms with Crippen LogP contribution in [0, 0.1) is 0 Å². The Morgan fingerprint density at radius 2 is 1.26 bits per heavy atom. The van der Waals surface area contributed by atoms with Gasteiger partial charge >= 0.3 is 7.12 Å². The molecular formula is C34H26BNO2S. The molecule has 3 nitrogen and oxygen atoms in total. The summed E-state index contributed by atoms with van der Waals surface area (Å²) in [5, 5.41) is 10.4. The first-order chi connectivity index (χ1) is 18.8. The standard InChI is InChI=1S/C34H26BNO2S/c1-33(2)34(3,4)38-35(37-33)21-12-13-23-27-15-19-14-26-25-10-7-9-24-22-8-5-6-11-28(22)36(32(24)25)29(26)16-20(19)17-30(27)39-31(23)18-21/h5-18H,1-4H3. The Balaban J connectivity index is 1.27. The fourth-order valence-corrected chi connectivity index (χ4v) is 7.77. The first kappa shape index (κ1) is 22.2. The third-order valence-electron chi connectivity index (χ3n) is 9.32. The van der Waals surface area contributed by atoms with Gasteiger partial charge in [0.15, 0.2) is 0 Å². The minimum absolute atomic E-state index is 0.347. The highest BCUT2D eigenvalue weighted by molar-refractivity contribution is 7.26. The van der Waals surface area contributed by atoms with Crippen molar-refractivity contribution in [3.8, 4) is 0 Å². The zero-order chi connectivity index (χ0) is 26.3. The van der Waals surface area contributed by atoms with Crippen LogP contribution in [-0.4, -0.2) is 22.7 Å². The van der Waals surface area contributed by atoms with E-state index in [1.807, 2.05) is 11.3 Å². The molecular weight excluding hydrogens is 497 g/mol. The predicted molar refractivity (Wildman–Crippen MR) is 167 cm³/mol. The first-order valence-electron chi connectivity index (χ1n) is 13.6. The second kappa shape index (κ2) is 7.11. The second-order valence-corrected chi connectivity index (χ2v) is 13.1. The van der Waals surface area contributed by atoms with Gasteiger partial charge in [-0.1, -0.05) is 48.5 Å². The molecule has 1 aliphatic heterocycles. The largest absolute Gasteiger partial charge is 0.494 e. The van der Waals surface area contributed by atoms with Crippen LogP contribution in [0.15, 0.2) is 84.9 Å². The minimum Gasteiger partial charge on any atom is -0.399 e. The Morgan fingerprint density at radius 1 is 0.590 bits per heavy atom. The Morgan fingerprint density at radius 3 is 2.08 bits per heavy atom. The molecule has 0 spiro atoms. The van der Waals surface area contributed by atoms with E-state index >= 15 is 0 Å². The van der Waals surface area contributed by atoms with E-state index in [0.717, 1.165) is 5.46 Å². The van der Waals surface area contributed by atoms with Crippen molar-refractivity contribution in [3.63, 3.8) is 0 Å². The monoisotopic (exact) mass is 523 g/mol. The molecule has 0 bridgehead atoms. The molecule has 0 aliphatic carbocycles. The number of hydrogen-bond acceptors (Lipinski definition) is 3. The lowest BCUT2D eigenvalue weighted by molar-refractivity contribution is 0.00578. The summed E-state index contributed by atoms with van der Waals surface area (Å²) in [6.45, 7) is 8.42. The molecule has 0 unspecified atom stereocenters. The molecule has 8 aromatic rings. The summed E-state index contributed by atoms with van der Waals surface area (Å²) in [7, 11) is -0.347. The van der Waals surface area contributed by atoms with Crippen molar-refractivity contribution in [2.45, 2.75) is 38.9 Å². The van der Waals surface area contributed by atoms with Crippen molar-refractivity contribution >= 4 is 93.0 Å². The van der Waals surface area contributed by atoms with Crippen LogP contribution in [0.5, 0.6) is 0 Å². The van der Waals surface area contributed by atoms with Gasteiger partial charge in [-0.2, -0.15) is 0 Å². The number of rotatable bonds is 1. The maximum atomic E-state index is 6.34. The minimum atomic E-state index is -0.347. The van der Waals surface area contributed by atoms with Gasteiger partial charge in [-0.15, -0.1) is 11.3 Å². The Labute approximate surface area is 230 Å². The lowest BCUT2D eigenvalue weighted by atomic mass is 9.79. The fourth-order valence-electron chi connectivity index (χ4n) is 6.59. The van der Waals surface area contributed by atoms with Crippen molar-refractivity contribution in [2.24, 2.45) is 0 Å². The summed E-state index contributed by atoms with van der Waals surface area (Å²) in [6.07, 6.45) is 0. The van der Waals surface area contributed by atoms with Gasteiger partial charge in [0.2, 0.25) is 0 Å². The quantitative estimate of drug-likeness (QED) is 0.201. The van der Waals surface area contributed by atoms with E-state index in [4.69, 9.17) is 9.31 Å². The average molecular weight is 523 g/mol. The SMILES string of the molecule is CC1(C)OB(c2ccc3c(c2)sc2cc4cc5c(cc4cc23)c2cccc3c4ccccc4n5c32)OC1(C)C. The second-order valence-electron chi connectivity index (χ2n) is 12.1. The topological polar surface area (TPSA) is 22.9 Å². The van der Waals surface area contributed by atoms with E-state index in [2.05, 4.69) is 117 Å². The number of fused-ring (bicyclic) bond motifs is 10. The molecule has 4 heterocycles. The Hall–Kier alpha value is -3.64. The summed E-state index contributed by atoms with van der Waals surface area (Å²) in [5.74, 6) is 0. The van der Waals surface area contributed by atoms with E-state index in [9.17, 15) is 0 Å². The Bertz CT molecular complexity index is 2290. The van der Waals surface area contributed by atoms with Gasteiger partial charge in [-0.05, 0) is 80.3 Å². The lowest BCUT2D eigenvalue weighted by Crippen LogP contribution is -2.41. The van der Waals surface area contributed by atoms with Crippen LogP contribution >= 0.6 is 11.3 Å². The van der Waals surface area contributed by atoms with Crippen molar-refractivity contribution in [3.05, 3.63) is 84.9 Å². The molecule has 5 heteroatoms. The van der Waals surface area contributed by atoms with Crippen LogP contribution in [0.25, 0.3) is 69.0 Å². The highest BCUT2D eigenvalue weighted by atomic mass is 32.1. The van der Waals surface area contributed by atoms with E-state index < -0.39 is 0 Å². The summed E-state index contributed by atoms with van der Waals surface area (Å²) in [6, 6.07) is 31.7. The normalized spacial score (nSPS) is 17.4. The smallest absolute Gasteiger partial charge is 0.399 e. The van der Waals surface area contributed by atoms with Gasteiger partial charge in [0.05, 0.1) is 27.8 Å². The maximum Gasteiger partial charge on any atom is 0.494 e. The third kappa shape index (κ3) is 2.80. The van der Waals surface area contributed by atoms with Crippen molar-refractivity contribution in [2.75, 3.05) is 0 Å². The van der Waals surface area contributed by atoms with E-state index in [0.29, 0.717) is 0 Å². The summed E-state index contributed by atoms with van der Waals surface area (Å²) < 4.78 is 17.7. The lowest BCUT2D eigenvalue weighted by Gasteiger charge is -2.32. The predicted octanol–water partition coefficient (Wildman–Crippen LogP) is 8.66. The number of thiophene rings is 1. The van der Waals surface area contributed by atoms with Gasteiger partial charge in [0.25, 0.3) is 0 Å². The number of hydrogen-bond donors (Lipinski definition) is 0. The molecule has 5 aromatic carbocycles. The van der Waals surface area contributed by atoms with Gasteiger partial charge < -0.3 is 13.7 Å². The van der Waals surface area contributed by atoms with Crippen LogP contribution < -0.4 is 5.46 Å². The average Bonchev–Trinajstić information content (AvgIpc) is 3.60. The van der Waals surface area contributed by atoms with Gasteiger partial charge in [0.1, 0.15) is 0 Å². The number of benzene rings is 5. The molecule has 0 N–H and O–H groups in total. The molecule has 1 fully saturated rings. The van der Waals surface area contributed by atoms with Gasteiger partial charge in [0, 0.05) is 41.7 Å². The highest BCUT2D eigenvalue weighted by Crippen LogP contribution is 2.43. The van der Waals surface area contributed by atoms with Gasteiger partial charge in [-0.25, -0.2) is 0 Å². The number of para-hydroxylation sites is 2. The zero-order valence-corrected chi connectivity index (χ0v) is 23.1. The molecule has 188 valence electrons. The molecule has 1 aliphatic rings. The molecule has 0 amide bonds. The van der Waals surface area contributed by atoms with E-state index in [-0.39, 0.29) is 18.3 Å². The molecule has 39 heavy (non-hydrogen) atoms. The molecule has 0 radical (unpaired) electrons. The Kier molecular flexibility index (Phi) is 4.05. The van der Waals surface area contributed by atoms with Crippen molar-refractivity contribution < 1.29 is 9.31 Å². The summed E-state index contributed by atoms with van der Waals surface area (Å²) in [5.41, 5.74) is 4.26. The summed E-state index contributed by atoms with van der Waals surface area (Å²) in [4.78, 5) is 0. The van der Waals surface area contributed by atoms with E-state index in [1.165, 1.54) is 69.0 Å². The fraction of sp³-hybridized carbons (Fsp3) is 0.176.